The molecule has 0 radical (unpaired) electrons. The summed E-state index contributed by atoms with van der Waals surface area (Å²) in [4.78, 5) is 0. The third kappa shape index (κ3) is 3.50. The van der Waals surface area contributed by atoms with Gasteiger partial charge in [-0.15, -0.1) is 0 Å². The van der Waals surface area contributed by atoms with E-state index in [1.165, 1.54) is 12.1 Å². The molecule has 0 saturated carbocycles. The van der Waals surface area contributed by atoms with Crippen LogP contribution in [0.4, 0.5) is 4.39 Å². The maximum atomic E-state index is 13.1. The lowest BCUT2D eigenvalue weighted by atomic mass is 10.00. The fourth-order valence-corrected chi connectivity index (χ4v) is 2.73. The monoisotopic (exact) mass is 301 g/mol. The van der Waals surface area contributed by atoms with E-state index in [1.807, 2.05) is 0 Å². The van der Waals surface area contributed by atoms with Gasteiger partial charge in [-0.25, -0.2) is 4.39 Å². The summed E-state index contributed by atoms with van der Waals surface area (Å²) in [7, 11) is 0. The molecule has 1 heterocycles. The zero-order valence-electron chi connectivity index (χ0n) is 9.66. The molecule has 0 spiro atoms. The summed E-state index contributed by atoms with van der Waals surface area (Å²) in [5, 5.41) is 0. The molecule has 0 aliphatic carbocycles. The van der Waals surface area contributed by atoms with Crippen molar-refractivity contribution in [3.8, 4) is 0 Å². The minimum Gasteiger partial charge on any atom is -0.378 e. The van der Waals surface area contributed by atoms with Gasteiger partial charge in [0.15, 0.2) is 0 Å². The van der Waals surface area contributed by atoms with Crippen molar-refractivity contribution in [2.45, 2.75) is 37.8 Å². The van der Waals surface area contributed by atoms with Gasteiger partial charge in [0.25, 0.3) is 0 Å². The van der Waals surface area contributed by atoms with E-state index in [2.05, 4.69) is 15.9 Å². The Morgan fingerprint density at radius 1 is 1.53 bits per heavy atom. The lowest BCUT2D eigenvalue weighted by molar-refractivity contribution is 0.101. The fraction of sp³-hybridized carbons (Fsp3) is 0.538. The van der Waals surface area contributed by atoms with Crippen LogP contribution in [0, 0.1) is 5.82 Å². The molecule has 1 aliphatic heterocycles. The molecular formula is C13H17BrFNO. The van der Waals surface area contributed by atoms with Crippen LogP contribution in [-0.4, -0.2) is 12.7 Å². The van der Waals surface area contributed by atoms with Crippen molar-refractivity contribution in [1.29, 1.82) is 0 Å². The molecule has 1 saturated heterocycles. The molecule has 0 aromatic heterocycles. The van der Waals surface area contributed by atoms with Gasteiger partial charge in [0.2, 0.25) is 0 Å². The lowest BCUT2D eigenvalue weighted by Crippen LogP contribution is -2.15. The second kappa shape index (κ2) is 5.94. The van der Waals surface area contributed by atoms with E-state index in [0.717, 1.165) is 42.3 Å². The summed E-state index contributed by atoms with van der Waals surface area (Å²) in [5.41, 5.74) is 6.93. The molecule has 2 N–H and O–H groups in total. The van der Waals surface area contributed by atoms with Crippen molar-refractivity contribution in [2.75, 3.05) is 6.61 Å². The first-order chi connectivity index (χ1) is 8.16. The van der Waals surface area contributed by atoms with E-state index in [1.54, 1.807) is 6.07 Å². The topological polar surface area (TPSA) is 35.2 Å². The Bertz CT molecular complexity index is 380. The number of hydrogen-bond acceptors (Lipinski definition) is 2. The third-order valence-corrected chi connectivity index (χ3v) is 3.90. The zero-order valence-corrected chi connectivity index (χ0v) is 11.2. The van der Waals surface area contributed by atoms with Gasteiger partial charge in [-0.3, -0.25) is 0 Å². The normalized spacial score (nSPS) is 21.7. The van der Waals surface area contributed by atoms with Crippen LogP contribution in [0.1, 0.15) is 37.3 Å². The van der Waals surface area contributed by atoms with Crippen molar-refractivity contribution in [3.05, 3.63) is 34.1 Å². The minimum absolute atomic E-state index is 0.135. The largest absolute Gasteiger partial charge is 0.378 e. The molecule has 1 fully saturated rings. The summed E-state index contributed by atoms with van der Waals surface area (Å²) in [5.74, 6) is -0.240. The molecule has 17 heavy (non-hydrogen) atoms. The molecular weight excluding hydrogens is 285 g/mol. The molecule has 1 aliphatic rings. The van der Waals surface area contributed by atoms with Gasteiger partial charge in [0.1, 0.15) is 5.82 Å². The van der Waals surface area contributed by atoms with Crippen LogP contribution >= 0.6 is 15.9 Å². The fourth-order valence-electron chi connectivity index (χ4n) is 2.19. The maximum absolute atomic E-state index is 13.1. The Morgan fingerprint density at radius 2 is 2.35 bits per heavy atom. The van der Waals surface area contributed by atoms with Crippen LogP contribution in [0.3, 0.4) is 0 Å². The first-order valence-corrected chi connectivity index (χ1v) is 6.78. The standard InChI is InChI=1S/C13H17BrFNO/c14-12-5-3-9(15)8-11(12)13(16)6-4-10-2-1-7-17-10/h3,5,8,10,13H,1-2,4,6-7,16H2. The van der Waals surface area contributed by atoms with Gasteiger partial charge in [-0.1, -0.05) is 15.9 Å². The van der Waals surface area contributed by atoms with Crippen LogP contribution in [-0.2, 0) is 4.74 Å². The highest BCUT2D eigenvalue weighted by molar-refractivity contribution is 9.10. The van der Waals surface area contributed by atoms with E-state index in [0.29, 0.717) is 6.10 Å². The highest BCUT2D eigenvalue weighted by Gasteiger charge is 2.18. The summed E-state index contributed by atoms with van der Waals surface area (Å²) in [6.45, 7) is 0.865. The zero-order chi connectivity index (χ0) is 12.3. The number of halogens is 2. The predicted octanol–water partition coefficient (Wildman–Crippen LogP) is 3.55. The van der Waals surface area contributed by atoms with E-state index in [9.17, 15) is 4.39 Å². The van der Waals surface area contributed by atoms with E-state index in [4.69, 9.17) is 10.5 Å². The van der Waals surface area contributed by atoms with E-state index < -0.39 is 0 Å². The SMILES string of the molecule is NC(CCC1CCCO1)c1cc(F)ccc1Br. The summed E-state index contributed by atoms with van der Waals surface area (Å²) >= 11 is 3.41. The Balaban J connectivity index is 1.93. The molecule has 94 valence electrons. The average Bonchev–Trinajstić information content (AvgIpc) is 2.82. The third-order valence-electron chi connectivity index (χ3n) is 3.18. The number of benzene rings is 1. The van der Waals surface area contributed by atoms with Gasteiger partial charge < -0.3 is 10.5 Å². The molecule has 2 unspecified atom stereocenters. The van der Waals surface area contributed by atoms with Crippen LogP contribution in [0.25, 0.3) is 0 Å². The van der Waals surface area contributed by atoms with E-state index >= 15 is 0 Å². The summed E-state index contributed by atoms with van der Waals surface area (Å²) in [6, 6.07) is 4.51. The average molecular weight is 302 g/mol. The Labute approximate surface area is 109 Å². The molecule has 2 atom stereocenters. The Morgan fingerprint density at radius 3 is 3.06 bits per heavy atom. The van der Waals surface area contributed by atoms with Crippen molar-refractivity contribution in [2.24, 2.45) is 5.73 Å². The second-order valence-corrected chi connectivity index (χ2v) is 5.34. The number of hydrogen-bond donors (Lipinski definition) is 1. The van der Waals surface area contributed by atoms with Crippen molar-refractivity contribution in [3.63, 3.8) is 0 Å². The van der Waals surface area contributed by atoms with E-state index in [-0.39, 0.29) is 11.9 Å². The molecule has 4 heteroatoms. The highest BCUT2D eigenvalue weighted by Crippen LogP contribution is 2.27. The summed E-state index contributed by atoms with van der Waals surface area (Å²) < 4.78 is 19.6. The second-order valence-electron chi connectivity index (χ2n) is 4.48. The molecule has 2 nitrogen and oxygen atoms in total. The molecule has 2 rings (SSSR count). The quantitative estimate of drug-likeness (QED) is 0.923. The smallest absolute Gasteiger partial charge is 0.123 e. The van der Waals surface area contributed by atoms with Crippen molar-refractivity contribution in [1.82, 2.24) is 0 Å². The first-order valence-electron chi connectivity index (χ1n) is 5.99. The van der Waals surface area contributed by atoms with Crippen LogP contribution in [0.2, 0.25) is 0 Å². The van der Waals surface area contributed by atoms with Crippen molar-refractivity contribution < 1.29 is 9.13 Å². The van der Waals surface area contributed by atoms with Crippen LogP contribution in [0.5, 0.6) is 0 Å². The predicted molar refractivity (Wildman–Crippen MR) is 69.2 cm³/mol. The van der Waals surface area contributed by atoms with Gasteiger partial charge in [-0.2, -0.15) is 0 Å². The summed E-state index contributed by atoms with van der Waals surface area (Å²) in [6.07, 6.45) is 4.38. The first kappa shape index (κ1) is 13.0. The minimum atomic E-state index is -0.240. The number of ether oxygens (including phenoxy) is 1. The molecule has 1 aromatic carbocycles. The molecule has 0 amide bonds. The van der Waals surface area contributed by atoms with Gasteiger partial charge >= 0.3 is 0 Å². The number of nitrogens with two attached hydrogens (primary N) is 1. The van der Waals surface area contributed by atoms with Gasteiger partial charge in [0, 0.05) is 17.1 Å². The maximum Gasteiger partial charge on any atom is 0.123 e. The van der Waals surface area contributed by atoms with Crippen LogP contribution < -0.4 is 5.73 Å². The van der Waals surface area contributed by atoms with Gasteiger partial charge in [-0.05, 0) is 49.4 Å². The lowest BCUT2D eigenvalue weighted by Gasteiger charge is -2.16. The number of rotatable bonds is 4. The van der Waals surface area contributed by atoms with Gasteiger partial charge in [0.05, 0.1) is 6.10 Å². The molecule has 1 aromatic rings. The molecule has 0 bridgehead atoms. The van der Waals surface area contributed by atoms with Crippen molar-refractivity contribution >= 4 is 15.9 Å². The van der Waals surface area contributed by atoms with Crippen LogP contribution in [0.15, 0.2) is 22.7 Å². The Kier molecular flexibility index (Phi) is 4.54. The Hall–Kier alpha value is -0.450. The highest BCUT2D eigenvalue weighted by atomic mass is 79.9.